The van der Waals surface area contributed by atoms with Gasteiger partial charge < -0.3 is 0 Å². The van der Waals surface area contributed by atoms with Crippen molar-refractivity contribution in [2.75, 3.05) is 5.75 Å². The van der Waals surface area contributed by atoms with Gasteiger partial charge in [-0.3, -0.25) is 4.79 Å². The molecule has 0 spiro atoms. The van der Waals surface area contributed by atoms with Crippen LogP contribution >= 0.6 is 11.8 Å². The molecule has 0 amide bonds. The van der Waals surface area contributed by atoms with E-state index >= 15 is 0 Å². The van der Waals surface area contributed by atoms with Gasteiger partial charge in [0.25, 0.3) is 0 Å². The van der Waals surface area contributed by atoms with Gasteiger partial charge in [-0.15, -0.1) is 5.10 Å². The van der Waals surface area contributed by atoms with E-state index in [-0.39, 0.29) is 11.5 Å². The van der Waals surface area contributed by atoms with Gasteiger partial charge in [0.15, 0.2) is 5.78 Å². The Morgan fingerprint density at radius 1 is 1.22 bits per heavy atom. The second-order valence-corrected chi connectivity index (χ2v) is 5.87. The van der Waals surface area contributed by atoms with Gasteiger partial charge in [-0.25, -0.2) is 4.39 Å². The van der Waals surface area contributed by atoms with E-state index in [1.807, 2.05) is 31.2 Å². The first-order valence-corrected chi connectivity index (χ1v) is 7.89. The molecule has 1 aromatic heterocycles. The summed E-state index contributed by atoms with van der Waals surface area (Å²) in [5, 5.41) is 12.1. The van der Waals surface area contributed by atoms with E-state index in [0.717, 1.165) is 11.3 Å². The van der Waals surface area contributed by atoms with Gasteiger partial charge >= 0.3 is 0 Å². The second kappa shape index (κ2) is 6.70. The van der Waals surface area contributed by atoms with Gasteiger partial charge in [-0.05, 0) is 41.6 Å². The molecule has 0 saturated carbocycles. The van der Waals surface area contributed by atoms with Crippen LogP contribution < -0.4 is 0 Å². The van der Waals surface area contributed by atoms with Crippen LogP contribution in [0.2, 0.25) is 0 Å². The van der Waals surface area contributed by atoms with Crippen LogP contribution in [0.5, 0.6) is 0 Å². The number of nitrogens with zero attached hydrogens (tertiary/aromatic N) is 4. The van der Waals surface area contributed by atoms with Crippen molar-refractivity contribution in [3.05, 3.63) is 65.5 Å². The zero-order valence-electron chi connectivity index (χ0n) is 12.3. The maximum Gasteiger partial charge on any atom is 0.214 e. The lowest BCUT2D eigenvalue weighted by Crippen LogP contribution is -2.05. The van der Waals surface area contributed by atoms with Crippen LogP contribution in [-0.4, -0.2) is 31.7 Å². The Labute approximate surface area is 136 Å². The van der Waals surface area contributed by atoms with Crippen molar-refractivity contribution >= 4 is 17.5 Å². The Hall–Kier alpha value is -2.54. The number of aryl methyl sites for hydroxylation is 1. The van der Waals surface area contributed by atoms with E-state index in [1.54, 1.807) is 10.7 Å². The molecule has 3 aromatic rings. The first-order valence-electron chi connectivity index (χ1n) is 6.90. The fourth-order valence-corrected chi connectivity index (χ4v) is 2.78. The van der Waals surface area contributed by atoms with Gasteiger partial charge in [0, 0.05) is 5.56 Å². The first-order chi connectivity index (χ1) is 11.1. The maximum absolute atomic E-state index is 13.2. The summed E-state index contributed by atoms with van der Waals surface area (Å²) in [7, 11) is 0. The number of aromatic nitrogens is 4. The summed E-state index contributed by atoms with van der Waals surface area (Å²) in [6.07, 6.45) is 0. The normalized spacial score (nSPS) is 10.7. The van der Waals surface area contributed by atoms with E-state index in [4.69, 9.17) is 0 Å². The third-order valence-electron chi connectivity index (χ3n) is 3.20. The highest BCUT2D eigenvalue weighted by Crippen LogP contribution is 2.20. The highest BCUT2D eigenvalue weighted by atomic mass is 32.2. The molecule has 0 N–H and O–H groups in total. The SMILES string of the molecule is Cc1ccc(-n2nnnc2SCC(=O)c2cccc(F)c2)cc1. The minimum Gasteiger partial charge on any atom is -0.293 e. The maximum atomic E-state index is 13.2. The third kappa shape index (κ3) is 3.62. The second-order valence-electron chi connectivity index (χ2n) is 4.93. The van der Waals surface area contributed by atoms with Crippen LogP contribution in [0.3, 0.4) is 0 Å². The van der Waals surface area contributed by atoms with Crippen LogP contribution in [0.15, 0.2) is 53.7 Å². The van der Waals surface area contributed by atoms with E-state index < -0.39 is 5.82 Å². The molecule has 7 heteroatoms. The monoisotopic (exact) mass is 328 g/mol. The van der Waals surface area contributed by atoms with Crippen molar-refractivity contribution in [3.63, 3.8) is 0 Å². The van der Waals surface area contributed by atoms with Crippen molar-refractivity contribution in [3.8, 4) is 5.69 Å². The number of carbonyl (C=O) groups is 1. The van der Waals surface area contributed by atoms with Gasteiger partial charge in [-0.1, -0.05) is 41.6 Å². The summed E-state index contributed by atoms with van der Waals surface area (Å²) in [5.74, 6) is -0.464. The number of Topliss-reactive ketones (excluding diaryl/α,β-unsaturated/α-hetero) is 1. The quantitative estimate of drug-likeness (QED) is 0.532. The largest absolute Gasteiger partial charge is 0.293 e. The Bertz CT molecular complexity index is 832. The van der Waals surface area contributed by atoms with Crippen LogP contribution in [0, 0.1) is 12.7 Å². The number of hydrogen-bond acceptors (Lipinski definition) is 5. The Morgan fingerprint density at radius 3 is 2.74 bits per heavy atom. The molecule has 0 radical (unpaired) electrons. The number of tetrazole rings is 1. The molecule has 0 saturated heterocycles. The van der Waals surface area contributed by atoms with Crippen molar-refractivity contribution in [2.45, 2.75) is 12.1 Å². The number of carbonyl (C=O) groups excluding carboxylic acids is 1. The highest BCUT2D eigenvalue weighted by molar-refractivity contribution is 7.99. The molecule has 3 rings (SSSR count). The zero-order chi connectivity index (χ0) is 16.2. The van der Waals surface area contributed by atoms with Gasteiger partial charge in [0.2, 0.25) is 5.16 Å². The van der Waals surface area contributed by atoms with Crippen molar-refractivity contribution in [1.29, 1.82) is 0 Å². The Balaban J connectivity index is 1.73. The number of halogens is 1. The summed E-state index contributed by atoms with van der Waals surface area (Å²) in [4.78, 5) is 12.1. The number of benzene rings is 2. The van der Waals surface area contributed by atoms with Crippen LogP contribution in [0.4, 0.5) is 4.39 Å². The molecule has 1 heterocycles. The molecule has 0 aliphatic carbocycles. The first kappa shape index (κ1) is 15.4. The lowest BCUT2D eigenvalue weighted by molar-refractivity contribution is 0.102. The molecular weight excluding hydrogens is 315 g/mol. The Kier molecular flexibility index (Phi) is 4.47. The zero-order valence-corrected chi connectivity index (χ0v) is 13.1. The number of thioether (sulfide) groups is 1. The summed E-state index contributed by atoms with van der Waals surface area (Å²) in [5.41, 5.74) is 2.30. The number of ketones is 1. The molecule has 0 aliphatic rings. The summed E-state index contributed by atoms with van der Waals surface area (Å²) < 4.78 is 14.7. The van der Waals surface area contributed by atoms with Crippen LogP contribution in [-0.2, 0) is 0 Å². The fraction of sp³-hybridized carbons (Fsp3) is 0.125. The minimum absolute atomic E-state index is 0.135. The Morgan fingerprint density at radius 2 is 2.00 bits per heavy atom. The van der Waals surface area contributed by atoms with Crippen molar-refractivity contribution in [2.24, 2.45) is 0 Å². The lowest BCUT2D eigenvalue weighted by atomic mass is 10.1. The van der Waals surface area contributed by atoms with Crippen molar-refractivity contribution in [1.82, 2.24) is 20.2 Å². The van der Waals surface area contributed by atoms with Gasteiger partial charge in [-0.2, -0.15) is 4.68 Å². The minimum atomic E-state index is -0.426. The summed E-state index contributed by atoms with van der Waals surface area (Å²) >= 11 is 1.22. The smallest absolute Gasteiger partial charge is 0.214 e. The third-order valence-corrected chi connectivity index (χ3v) is 4.12. The van der Waals surface area contributed by atoms with Crippen molar-refractivity contribution < 1.29 is 9.18 Å². The fourth-order valence-electron chi connectivity index (χ4n) is 1.99. The standard InChI is InChI=1S/C16H13FN4OS/c1-11-5-7-14(8-6-11)21-16(18-19-20-21)23-10-15(22)12-3-2-4-13(17)9-12/h2-9H,10H2,1H3. The van der Waals surface area contributed by atoms with Crippen LogP contribution in [0.25, 0.3) is 5.69 Å². The van der Waals surface area contributed by atoms with Gasteiger partial charge in [0.1, 0.15) is 5.82 Å². The highest BCUT2D eigenvalue weighted by Gasteiger charge is 2.13. The summed E-state index contributed by atoms with van der Waals surface area (Å²) in [6.45, 7) is 2.00. The topological polar surface area (TPSA) is 60.7 Å². The van der Waals surface area contributed by atoms with E-state index in [0.29, 0.717) is 10.7 Å². The van der Waals surface area contributed by atoms with E-state index in [2.05, 4.69) is 15.5 Å². The van der Waals surface area contributed by atoms with Crippen LogP contribution in [0.1, 0.15) is 15.9 Å². The predicted molar refractivity (Wildman–Crippen MR) is 85.3 cm³/mol. The molecular formula is C16H13FN4OS. The molecule has 0 aliphatic heterocycles. The molecule has 23 heavy (non-hydrogen) atoms. The average molecular weight is 328 g/mol. The summed E-state index contributed by atoms with van der Waals surface area (Å²) in [6, 6.07) is 13.4. The number of hydrogen-bond donors (Lipinski definition) is 0. The van der Waals surface area contributed by atoms with Gasteiger partial charge in [0.05, 0.1) is 11.4 Å². The molecule has 116 valence electrons. The van der Waals surface area contributed by atoms with E-state index in [1.165, 1.54) is 30.0 Å². The molecule has 2 aromatic carbocycles. The predicted octanol–water partition coefficient (Wildman–Crippen LogP) is 3.08. The molecule has 0 fully saturated rings. The lowest BCUT2D eigenvalue weighted by Gasteiger charge is -2.04. The number of rotatable bonds is 5. The molecule has 5 nitrogen and oxygen atoms in total. The van der Waals surface area contributed by atoms with E-state index in [9.17, 15) is 9.18 Å². The average Bonchev–Trinajstić information content (AvgIpc) is 3.02. The molecule has 0 atom stereocenters. The molecule has 0 bridgehead atoms. The molecule has 0 unspecified atom stereocenters.